The number of phenols is 2. The Morgan fingerprint density at radius 3 is 2.75 bits per heavy atom. The number of nitrogens with two attached hydrogens (primary N) is 1. The van der Waals surface area contributed by atoms with E-state index in [9.17, 15) is 20.1 Å². The number of hydrogen-bond donors (Lipinski definition) is 4. The van der Waals surface area contributed by atoms with Crippen LogP contribution in [0.1, 0.15) is 17.1 Å². The van der Waals surface area contributed by atoms with Crippen LogP contribution in [0.3, 0.4) is 0 Å². The Balaban J connectivity index is 3.58. The third-order valence-electron chi connectivity index (χ3n) is 1.78. The molecule has 1 aromatic carbocycles. The van der Waals surface area contributed by atoms with Gasteiger partial charge in [0.1, 0.15) is 12.1 Å². The van der Waals surface area contributed by atoms with Gasteiger partial charge in [-0.2, -0.15) is 0 Å². The number of hydrogen-bond acceptors (Lipinski definition) is 6. The second kappa shape index (κ2) is 4.82. The first kappa shape index (κ1) is 7.48. The van der Waals surface area contributed by atoms with E-state index in [4.69, 9.17) is 11.2 Å². The lowest BCUT2D eigenvalue weighted by atomic mass is 10.0. The number of esters is 1. The van der Waals surface area contributed by atoms with Crippen LogP contribution in [0.4, 0.5) is 0 Å². The smallest absolute Gasteiger partial charge is 0.325 e. The number of carbonyl (C=O) groups is 1. The Morgan fingerprint density at radius 2 is 2.19 bits per heavy atom. The van der Waals surface area contributed by atoms with E-state index in [1.165, 1.54) is 0 Å². The van der Waals surface area contributed by atoms with Crippen molar-refractivity contribution >= 4 is 5.97 Å². The largest absolute Gasteiger partial charge is 0.504 e. The van der Waals surface area contributed by atoms with Gasteiger partial charge in [0.15, 0.2) is 11.5 Å². The van der Waals surface area contributed by atoms with Crippen LogP contribution >= 0.6 is 0 Å². The average Bonchev–Trinajstić information content (AvgIpc) is 2.41. The fraction of sp³-hybridized carbons (Fsp3) is 0.300. The van der Waals surface area contributed by atoms with Crippen molar-refractivity contribution in [1.82, 2.24) is 0 Å². The maximum absolute atomic E-state index is 11.3. The Morgan fingerprint density at radius 1 is 1.56 bits per heavy atom. The Hall–Kier alpha value is -1.79. The summed E-state index contributed by atoms with van der Waals surface area (Å²) in [5, 5.41) is 28.7. The van der Waals surface area contributed by atoms with Gasteiger partial charge in [0, 0.05) is 0 Å². The maximum Gasteiger partial charge on any atom is 0.325 e. The molecule has 0 amide bonds. The van der Waals surface area contributed by atoms with E-state index >= 15 is 0 Å². The predicted octanol–water partition coefficient (Wildman–Crippen LogP) is -0.369. The standard InChI is InChI=1S/C10H13NO5/c1-16-10(15)8(11)9(14)5-2-3-6(12)7(13)4-5/h2-4,8-9,12-14H,11H2,1H3/i2D,3D,4D,9D. The predicted molar refractivity (Wildman–Crippen MR) is 54.7 cm³/mol. The minimum Gasteiger partial charge on any atom is -0.504 e. The van der Waals surface area contributed by atoms with Gasteiger partial charge in [-0.05, 0) is 17.6 Å². The van der Waals surface area contributed by atoms with E-state index in [1.54, 1.807) is 0 Å². The number of methoxy groups -OCH3 is 1. The van der Waals surface area contributed by atoms with Crippen LogP contribution in [0.25, 0.3) is 0 Å². The quantitative estimate of drug-likeness (QED) is 0.417. The Kier molecular flexibility index (Phi) is 2.25. The molecule has 0 aromatic heterocycles. The maximum atomic E-state index is 11.3. The molecule has 0 fully saturated rings. The summed E-state index contributed by atoms with van der Waals surface area (Å²) in [4.78, 5) is 11.3. The van der Waals surface area contributed by atoms with Crippen molar-refractivity contribution in [2.45, 2.75) is 12.1 Å². The highest BCUT2D eigenvalue weighted by molar-refractivity contribution is 5.76. The first-order chi connectivity index (χ1) is 9.07. The molecule has 0 spiro atoms. The van der Waals surface area contributed by atoms with Gasteiger partial charge in [-0.15, -0.1) is 0 Å². The number of aromatic hydroxyl groups is 2. The number of benzene rings is 1. The fourth-order valence-electron chi connectivity index (χ4n) is 0.912. The molecule has 6 nitrogen and oxygen atoms in total. The molecule has 0 bridgehead atoms. The summed E-state index contributed by atoms with van der Waals surface area (Å²) >= 11 is 0. The number of aliphatic hydroxyl groups is 1. The molecule has 0 radical (unpaired) electrons. The van der Waals surface area contributed by atoms with Crippen LogP contribution in [0.5, 0.6) is 11.5 Å². The molecule has 0 heterocycles. The summed E-state index contributed by atoms with van der Waals surface area (Å²) in [6.45, 7) is 0. The lowest BCUT2D eigenvalue weighted by Gasteiger charge is -2.17. The lowest BCUT2D eigenvalue weighted by Crippen LogP contribution is -2.37. The first-order valence-electron chi connectivity index (χ1n) is 6.15. The molecule has 0 saturated heterocycles. The van der Waals surface area contributed by atoms with Crippen LogP contribution in [-0.4, -0.2) is 34.4 Å². The van der Waals surface area contributed by atoms with Gasteiger partial charge >= 0.3 is 5.97 Å². The zero-order chi connectivity index (χ0) is 15.8. The van der Waals surface area contributed by atoms with Crippen LogP contribution in [0.2, 0.25) is 0 Å². The minimum absolute atomic E-state index is 0.879. The van der Waals surface area contributed by atoms with Crippen molar-refractivity contribution in [3.63, 3.8) is 0 Å². The molecular weight excluding hydrogens is 214 g/mol. The number of phenolic OH excluding ortho intramolecular Hbond substituents is 2. The molecule has 16 heavy (non-hydrogen) atoms. The van der Waals surface area contributed by atoms with Gasteiger partial charge in [0.2, 0.25) is 0 Å². The summed E-state index contributed by atoms with van der Waals surface area (Å²) in [6, 6.07) is -4.75. The highest BCUT2D eigenvalue weighted by Gasteiger charge is 2.25. The highest BCUT2D eigenvalue weighted by atomic mass is 16.5. The van der Waals surface area contributed by atoms with Gasteiger partial charge in [0.05, 0.1) is 12.6 Å². The van der Waals surface area contributed by atoms with Gasteiger partial charge < -0.3 is 25.8 Å². The van der Waals surface area contributed by atoms with Crippen LogP contribution < -0.4 is 5.73 Å². The summed E-state index contributed by atoms with van der Waals surface area (Å²) in [6.07, 6.45) is -2.98. The van der Waals surface area contributed by atoms with Crippen LogP contribution in [0.15, 0.2) is 18.1 Å². The molecule has 5 N–H and O–H groups in total. The normalized spacial score (nSPS) is 19.7. The molecule has 2 atom stereocenters. The molecule has 0 aliphatic heterocycles. The van der Waals surface area contributed by atoms with E-state index < -0.39 is 53.3 Å². The number of ether oxygens (including phenoxy) is 1. The fourth-order valence-corrected chi connectivity index (χ4v) is 0.912. The van der Waals surface area contributed by atoms with Crippen molar-refractivity contribution in [3.8, 4) is 11.5 Å². The molecule has 0 saturated carbocycles. The molecule has 1 aromatic rings. The summed E-state index contributed by atoms with van der Waals surface area (Å²) in [7, 11) is 0.964. The number of rotatable bonds is 3. The third-order valence-corrected chi connectivity index (χ3v) is 1.78. The van der Waals surface area contributed by atoms with Crippen molar-refractivity contribution < 1.29 is 30.3 Å². The van der Waals surface area contributed by atoms with Gasteiger partial charge in [-0.1, -0.05) is 6.04 Å². The molecule has 1 rings (SSSR count). The topological polar surface area (TPSA) is 113 Å². The molecular formula is C10H13NO5. The minimum atomic E-state index is -2.98. The van der Waals surface area contributed by atoms with Crippen LogP contribution in [-0.2, 0) is 9.53 Å². The van der Waals surface area contributed by atoms with Gasteiger partial charge in [-0.25, -0.2) is 0 Å². The van der Waals surface area contributed by atoms with E-state index in [2.05, 4.69) is 4.74 Å². The third kappa shape index (κ3) is 2.41. The number of carbonyl (C=O) groups excluding carboxylic acids is 1. The van der Waals surface area contributed by atoms with E-state index in [0.717, 1.165) is 7.11 Å². The Labute approximate surface area is 97.5 Å². The van der Waals surface area contributed by atoms with E-state index in [1.807, 2.05) is 0 Å². The van der Waals surface area contributed by atoms with Crippen molar-refractivity contribution in [2.24, 2.45) is 5.73 Å². The lowest BCUT2D eigenvalue weighted by molar-refractivity contribution is -0.145. The zero-order valence-electron chi connectivity index (χ0n) is 12.3. The molecule has 2 unspecified atom stereocenters. The van der Waals surface area contributed by atoms with E-state index in [-0.39, 0.29) is 0 Å². The first-order valence-corrected chi connectivity index (χ1v) is 4.15. The molecule has 0 aliphatic carbocycles. The Bertz CT molecular complexity index is 534. The monoisotopic (exact) mass is 231 g/mol. The van der Waals surface area contributed by atoms with Crippen molar-refractivity contribution in [1.29, 1.82) is 0 Å². The average molecular weight is 231 g/mol. The summed E-state index contributed by atoms with van der Waals surface area (Å²) in [5.74, 6) is -3.31. The second-order valence-corrected chi connectivity index (χ2v) is 2.83. The van der Waals surface area contributed by atoms with Gasteiger partial charge in [-0.3, -0.25) is 4.79 Å². The second-order valence-electron chi connectivity index (χ2n) is 2.83. The van der Waals surface area contributed by atoms with Crippen LogP contribution in [0, 0.1) is 0 Å². The summed E-state index contributed by atoms with van der Waals surface area (Å²) in [5.41, 5.74) is 4.45. The SMILES string of the molecule is [2H]c1c([2H])c(C([2H])(O)C(N)C(=O)OC)c([2H])c(O)c1O. The van der Waals surface area contributed by atoms with Crippen molar-refractivity contribution in [2.75, 3.05) is 7.11 Å². The summed E-state index contributed by atoms with van der Waals surface area (Å²) < 4.78 is 34.4. The van der Waals surface area contributed by atoms with E-state index in [0.29, 0.717) is 0 Å². The molecule has 88 valence electrons. The van der Waals surface area contributed by atoms with Crippen molar-refractivity contribution in [3.05, 3.63) is 23.7 Å². The zero-order valence-corrected chi connectivity index (χ0v) is 8.31. The molecule has 0 aliphatic rings. The van der Waals surface area contributed by atoms with Gasteiger partial charge in [0.25, 0.3) is 0 Å². The molecule has 6 heteroatoms. The highest BCUT2D eigenvalue weighted by Crippen LogP contribution is 2.28.